The molecule has 5 rings (SSSR count). The zero-order valence-electron chi connectivity index (χ0n) is 12.4. The van der Waals surface area contributed by atoms with Crippen molar-refractivity contribution in [3.05, 3.63) is 34.4 Å². The maximum absolute atomic E-state index is 10.4. The Balaban J connectivity index is 2.06. The van der Waals surface area contributed by atoms with E-state index in [9.17, 15) is 20.4 Å². The molecule has 2 aromatic heterocycles. The number of aromatic nitrogens is 2. The molecule has 0 radical (unpaired) electrons. The lowest BCUT2D eigenvalue weighted by molar-refractivity contribution is 0.367. The second-order valence-corrected chi connectivity index (χ2v) is 5.78. The Labute approximate surface area is 127 Å². The van der Waals surface area contributed by atoms with Crippen LogP contribution in [0.4, 0.5) is 0 Å². The topological polar surface area (TPSA) is 90.8 Å². The second kappa shape index (κ2) is 4.03. The van der Waals surface area contributed by atoms with E-state index in [4.69, 9.17) is 0 Å². The molecule has 6 nitrogen and oxygen atoms in total. The van der Waals surface area contributed by atoms with Crippen LogP contribution in [0.5, 0.6) is 23.5 Å². The Kier molecular flexibility index (Phi) is 2.41. The summed E-state index contributed by atoms with van der Waals surface area (Å²) in [6.07, 6.45) is 3.82. The average molecular weight is 302 g/mol. The lowest BCUT2D eigenvalue weighted by Crippen LogP contribution is -2.17. The molecule has 0 saturated carbocycles. The highest BCUT2D eigenvalue weighted by molar-refractivity contribution is 5.71. The van der Waals surface area contributed by atoms with Crippen LogP contribution in [0.1, 0.15) is 47.9 Å². The maximum atomic E-state index is 10.4. The summed E-state index contributed by atoms with van der Waals surface area (Å²) in [6.45, 7) is 4.57. The van der Waals surface area contributed by atoms with Gasteiger partial charge >= 0.3 is 0 Å². The van der Waals surface area contributed by atoms with Crippen LogP contribution in [0.15, 0.2) is 12.2 Å². The van der Waals surface area contributed by atoms with Crippen LogP contribution in [0.3, 0.4) is 0 Å². The van der Waals surface area contributed by atoms with Crippen LogP contribution < -0.4 is 0 Å². The molecule has 0 fully saturated rings. The zero-order chi connectivity index (χ0) is 15.8. The van der Waals surface area contributed by atoms with E-state index in [0.717, 1.165) is 0 Å². The number of hydrogen-bond donors (Lipinski definition) is 4. The number of aromatic hydroxyl groups is 4. The predicted octanol–water partition coefficient (Wildman–Crippen LogP) is 2.30. The first-order valence-corrected chi connectivity index (χ1v) is 7.49. The predicted molar refractivity (Wildman–Crippen MR) is 79.7 cm³/mol. The Morgan fingerprint density at radius 1 is 0.682 bits per heavy atom. The molecule has 2 aromatic rings. The van der Waals surface area contributed by atoms with Crippen LogP contribution in [-0.4, -0.2) is 29.6 Å². The molecule has 22 heavy (non-hydrogen) atoms. The first-order chi connectivity index (χ1) is 10.5. The van der Waals surface area contributed by atoms with Gasteiger partial charge in [-0.3, -0.25) is 9.13 Å². The molecular weight excluding hydrogens is 284 g/mol. The molecular formula is C16H18N2O4. The van der Waals surface area contributed by atoms with Crippen LogP contribution in [-0.2, 0) is 13.1 Å². The van der Waals surface area contributed by atoms with Crippen molar-refractivity contribution in [3.63, 3.8) is 0 Å². The summed E-state index contributed by atoms with van der Waals surface area (Å²) in [5.41, 5.74) is 2.51. The van der Waals surface area contributed by atoms with E-state index in [1.807, 2.05) is 26.0 Å². The van der Waals surface area contributed by atoms with Gasteiger partial charge in [0.05, 0.1) is 0 Å². The van der Waals surface area contributed by atoms with Gasteiger partial charge in [0.15, 0.2) is 23.5 Å². The fourth-order valence-corrected chi connectivity index (χ4v) is 3.99. The van der Waals surface area contributed by atoms with Crippen molar-refractivity contribution in [2.45, 2.75) is 38.8 Å². The minimum Gasteiger partial charge on any atom is -0.494 e. The van der Waals surface area contributed by atoms with Crippen molar-refractivity contribution in [2.75, 3.05) is 0 Å². The molecule has 0 unspecified atom stereocenters. The lowest BCUT2D eigenvalue weighted by Gasteiger charge is -2.31. The smallest absolute Gasteiger partial charge is 0.198 e. The van der Waals surface area contributed by atoms with Crippen molar-refractivity contribution in [1.82, 2.24) is 9.13 Å². The molecule has 4 N–H and O–H groups in total. The third-order valence-electron chi connectivity index (χ3n) is 4.94. The summed E-state index contributed by atoms with van der Waals surface area (Å²) in [4.78, 5) is 0. The van der Waals surface area contributed by atoms with Crippen LogP contribution in [0, 0.1) is 0 Å². The third kappa shape index (κ3) is 1.22. The quantitative estimate of drug-likeness (QED) is 0.641. The molecule has 2 heterocycles. The monoisotopic (exact) mass is 302 g/mol. The zero-order valence-corrected chi connectivity index (χ0v) is 12.4. The Morgan fingerprint density at radius 2 is 0.955 bits per heavy atom. The minimum absolute atomic E-state index is 0.0307. The highest BCUT2D eigenvalue weighted by atomic mass is 16.3. The molecule has 0 aromatic carbocycles. The van der Waals surface area contributed by atoms with Gasteiger partial charge in [-0.25, -0.2) is 0 Å². The van der Waals surface area contributed by atoms with Gasteiger partial charge in [0, 0.05) is 47.2 Å². The van der Waals surface area contributed by atoms with E-state index in [-0.39, 0.29) is 35.4 Å². The van der Waals surface area contributed by atoms with Gasteiger partial charge in [0.1, 0.15) is 0 Å². The molecule has 3 aliphatic carbocycles. The van der Waals surface area contributed by atoms with E-state index in [0.29, 0.717) is 35.3 Å². The normalized spacial score (nSPS) is 21.2. The lowest BCUT2D eigenvalue weighted by atomic mass is 9.70. The van der Waals surface area contributed by atoms with E-state index < -0.39 is 0 Å². The summed E-state index contributed by atoms with van der Waals surface area (Å²) in [5.74, 6) is -0.586. The molecule has 6 heteroatoms. The second-order valence-electron chi connectivity index (χ2n) is 5.78. The summed E-state index contributed by atoms with van der Waals surface area (Å²) >= 11 is 0. The molecule has 0 aliphatic heterocycles. The SMILES string of the molecule is CCn1c(O)c2c(c1O)C1C=CC2c2c1c(O)n(CC)c2O. The van der Waals surface area contributed by atoms with Crippen LogP contribution in [0.2, 0.25) is 0 Å². The van der Waals surface area contributed by atoms with Crippen LogP contribution >= 0.6 is 0 Å². The van der Waals surface area contributed by atoms with Crippen molar-refractivity contribution in [2.24, 2.45) is 0 Å². The standard InChI is InChI=1S/C16H18N2O4/c1-3-17-13(19)9-7-5-6-8(10(9)14(17)20)12-11(7)15(21)18(4-2)16(12)22/h5-8,19-22H,3-4H2,1-2H3. The summed E-state index contributed by atoms with van der Waals surface area (Å²) in [5, 5.41) is 41.8. The van der Waals surface area contributed by atoms with Crippen molar-refractivity contribution in [1.29, 1.82) is 0 Å². The molecule has 0 spiro atoms. The first-order valence-electron chi connectivity index (χ1n) is 7.49. The largest absolute Gasteiger partial charge is 0.494 e. The van der Waals surface area contributed by atoms with Gasteiger partial charge in [-0.05, 0) is 13.8 Å². The van der Waals surface area contributed by atoms with E-state index in [2.05, 4.69) is 0 Å². The maximum Gasteiger partial charge on any atom is 0.198 e. The number of nitrogens with zero attached hydrogens (tertiary/aromatic N) is 2. The summed E-state index contributed by atoms with van der Waals surface area (Å²) in [7, 11) is 0. The molecule has 0 atom stereocenters. The van der Waals surface area contributed by atoms with Gasteiger partial charge in [0.25, 0.3) is 0 Å². The third-order valence-corrected chi connectivity index (χ3v) is 4.94. The molecule has 3 aliphatic rings. The van der Waals surface area contributed by atoms with Gasteiger partial charge in [-0.15, -0.1) is 0 Å². The Bertz CT molecular complexity index is 705. The highest BCUT2D eigenvalue weighted by Crippen LogP contribution is 2.60. The van der Waals surface area contributed by atoms with Crippen molar-refractivity contribution in [3.8, 4) is 23.5 Å². The van der Waals surface area contributed by atoms with Gasteiger partial charge < -0.3 is 20.4 Å². The number of rotatable bonds is 2. The fraction of sp³-hybridized carbons (Fsp3) is 0.375. The molecule has 0 amide bonds. The highest BCUT2D eigenvalue weighted by Gasteiger charge is 2.45. The summed E-state index contributed by atoms with van der Waals surface area (Å²) in [6, 6.07) is 0. The van der Waals surface area contributed by atoms with Crippen LogP contribution in [0.25, 0.3) is 0 Å². The van der Waals surface area contributed by atoms with E-state index in [1.165, 1.54) is 9.13 Å². The van der Waals surface area contributed by atoms with Crippen molar-refractivity contribution < 1.29 is 20.4 Å². The van der Waals surface area contributed by atoms with E-state index >= 15 is 0 Å². The van der Waals surface area contributed by atoms with Crippen molar-refractivity contribution >= 4 is 0 Å². The van der Waals surface area contributed by atoms with Gasteiger partial charge in [0.2, 0.25) is 0 Å². The molecule has 0 saturated heterocycles. The average Bonchev–Trinajstić information content (AvgIpc) is 2.94. The summed E-state index contributed by atoms with van der Waals surface area (Å²) < 4.78 is 2.90. The number of allylic oxidation sites excluding steroid dienone is 2. The Hall–Kier alpha value is -2.50. The fourth-order valence-electron chi connectivity index (χ4n) is 3.99. The van der Waals surface area contributed by atoms with E-state index in [1.54, 1.807) is 0 Å². The number of hydrogen-bond acceptors (Lipinski definition) is 4. The van der Waals surface area contributed by atoms with Gasteiger partial charge in [-0.1, -0.05) is 12.2 Å². The molecule has 2 bridgehead atoms. The minimum atomic E-state index is -0.354. The Morgan fingerprint density at radius 3 is 1.18 bits per heavy atom. The van der Waals surface area contributed by atoms with Gasteiger partial charge in [-0.2, -0.15) is 0 Å². The first kappa shape index (κ1) is 13.2. The molecule has 116 valence electrons.